The van der Waals surface area contributed by atoms with E-state index < -0.39 is 6.04 Å². The molecule has 1 unspecified atom stereocenters. The summed E-state index contributed by atoms with van der Waals surface area (Å²) in [4.78, 5) is 28.0. The van der Waals surface area contributed by atoms with E-state index in [9.17, 15) is 4.79 Å². The van der Waals surface area contributed by atoms with Gasteiger partial charge in [0.05, 0.1) is 5.52 Å². The second kappa shape index (κ2) is 7.46. The Morgan fingerprint density at radius 3 is 3.04 bits per heavy atom. The zero-order chi connectivity index (χ0) is 18.8. The Morgan fingerprint density at radius 1 is 1.30 bits per heavy atom. The molecule has 27 heavy (non-hydrogen) atoms. The normalized spacial score (nSPS) is 17.1. The van der Waals surface area contributed by atoms with Crippen LogP contribution in [0.15, 0.2) is 42.7 Å². The molecule has 1 aromatic carbocycles. The number of carbonyl (C=O) groups excluding carboxylic acids is 1. The van der Waals surface area contributed by atoms with Crippen molar-refractivity contribution in [3.8, 4) is 0 Å². The maximum atomic E-state index is 13.0. The average Bonchev–Trinajstić information content (AvgIpc) is 2.67. The maximum Gasteiger partial charge on any atom is 0.248 e. The molecule has 1 atom stereocenters. The lowest BCUT2D eigenvalue weighted by atomic mass is 10.1. The number of aryl methyl sites for hydroxylation is 1. The molecule has 1 saturated heterocycles. The lowest BCUT2D eigenvalue weighted by Crippen LogP contribution is -2.57. The summed E-state index contributed by atoms with van der Waals surface area (Å²) in [7, 11) is 0. The summed E-state index contributed by atoms with van der Waals surface area (Å²) in [5, 5.41) is 6.65. The summed E-state index contributed by atoms with van der Waals surface area (Å²) in [6.45, 7) is 3.89. The third-order valence-corrected chi connectivity index (χ3v) is 4.74. The summed E-state index contributed by atoms with van der Waals surface area (Å²) in [5.41, 5.74) is 3.16. The molecular formula is C19H19ClN6O. The zero-order valence-corrected chi connectivity index (χ0v) is 15.6. The summed E-state index contributed by atoms with van der Waals surface area (Å²) < 4.78 is 0. The molecule has 2 aromatic heterocycles. The van der Waals surface area contributed by atoms with Gasteiger partial charge in [0.2, 0.25) is 5.91 Å². The SMILES string of the molecule is Cc1cccc(NC(=O)C2CNCCN2c2ncnc3ccc(Cl)nc23)c1. The number of nitrogens with zero attached hydrogens (tertiary/aromatic N) is 4. The Bertz CT molecular complexity index is 995. The van der Waals surface area contributed by atoms with Crippen molar-refractivity contribution in [3.05, 3.63) is 53.4 Å². The summed E-state index contributed by atoms with van der Waals surface area (Å²) in [6.07, 6.45) is 1.49. The summed E-state index contributed by atoms with van der Waals surface area (Å²) >= 11 is 6.07. The molecule has 3 heterocycles. The number of pyridine rings is 1. The number of rotatable bonds is 3. The molecule has 4 rings (SSSR count). The Kier molecular flexibility index (Phi) is 4.87. The second-order valence-electron chi connectivity index (χ2n) is 6.47. The molecule has 0 bridgehead atoms. The van der Waals surface area contributed by atoms with Crippen LogP contribution in [0.5, 0.6) is 0 Å². The van der Waals surface area contributed by atoms with Crippen molar-refractivity contribution in [2.24, 2.45) is 0 Å². The molecule has 0 saturated carbocycles. The first kappa shape index (κ1) is 17.6. The van der Waals surface area contributed by atoms with E-state index in [4.69, 9.17) is 11.6 Å². The van der Waals surface area contributed by atoms with Gasteiger partial charge >= 0.3 is 0 Å². The van der Waals surface area contributed by atoms with Crippen LogP contribution in [0.4, 0.5) is 11.5 Å². The fourth-order valence-corrected chi connectivity index (χ4v) is 3.40. The molecule has 1 fully saturated rings. The fraction of sp³-hybridized carbons (Fsp3) is 0.263. The predicted molar refractivity (Wildman–Crippen MR) is 106 cm³/mol. The highest BCUT2D eigenvalue weighted by molar-refractivity contribution is 6.29. The number of hydrogen-bond acceptors (Lipinski definition) is 6. The Labute approximate surface area is 161 Å². The number of nitrogens with one attached hydrogen (secondary N) is 2. The van der Waals surface area contributed by atoms with Crippen LogP contribution in [0.25, 0.3) is 11.0 Å². The zero-order valence-electron chi connectivity index (χ0n) is 14.8. The van der Waals surface area contributed by atoms with Crippen LogP contribution in [0.3, 0.4) is 0 Å². The Morgan fingerprint density at radius 2 is 2.19 bits per heavy atom. The van der Waals surface area contributed by atoms with Crippen molar-refractivity contribution in [2.45, 2.75) is 13.0 Å². The van der Waals surface area contributed by atoms with Crippen molar-refractivity contribution in [1.29, 1.82) is 0 Å². The van der Waals surface area contributed by atoms with Crippen LogP contribution in [0.1, 0.15) is 5.56 Å². The van der Waals surface area contributed by atoms with Gasteiger partial charge in [-0.2, -0.15) is 0 Å². The molecule has 7 nitrogen and oxygen atoms in total. The number of carbonyl (C=O) groups is 1. The van der Waals surface area contributed by atoms with Gasteiger partial charge in [0, 0.05) is 25.3 Å². The van der Waals surface area contributed by atoms with Crippen molar-refractivity contribution in [3.63, 3.8) is 0 Å². The molecular weight excluding hydrogens is 364 g/mol. The molecule has 0 aliphatic carbocycles. The second-order valence-corrected chi connectivity index (χ2v) is 6.86. The largest absolute Gasteiger partial charge is 0.340 e. The van der Waals surface area contributed by atoms with Gasteiger partial charge in [-0.05, 0) is 36.8 Å². The van der Waals surface area contributed by atoms with Gasteiger partial charge in [0.25, 0.3) is 0 Å². The number of piperazine rings is 1. The number of anilines is 2. The Balaban J connectivity index is 1.67. The minimum atomic E-state index is -0.418. The minimum absolute atomic E-state index is 0.0957. The molecule has 0 radical (unpaired) electrons. The molecule has 1 aliphatic rings. The van der Waals surface area contributed by atoms with Gasteiger partial charge in [-0.1, -0.05) is 23.7 Å². The molecule has 1 aliphatic heterocycles. The molecule has 2 N–H and O–H groups in total. The van der Waals surface area contributed by atoms with Crippen molar-refractivity contribution in [1.82, 2.24) is 20.3 Å². The maximum absolute atomic E-state index is 13.0. The molecule has 8 heteroatoms. The van der Waals surface area contributed by atoms with Crippen LogP contribution in [0, 0.1) is 6.92 Å². The van der Waals surface area contributed by atoms with E-state index >= 15 is 0 Å². The number of amides is 1. The topological polar surface area (TPSA) is 83.0 Å². The van der Waals surface area contributed by atoms with Gasteiger partial charge < -0.3 is 15.5 Å². The highest BCUT2D eigenvalue weighted by atomic mass is 35.5. The third-order valence-electron chi connectivity index (χ3n) is 4.53. The first-order chi connectivity index (χ1) is 13.1. The number of fused-ring (bicyclic) bond motifs is 1. The van der Waals surface area contributed by atoms with E-state index in [0.717, 1.165) is 17.8 Å². The average molecular weight is 383 g/mol. The monoisotopic (exact) mass is 382 g/mol. The lowest BCUT2D eigenvalue weighted by Gasteiger charge is -2.36. The van der Waals surface area contributed by atoms with Crippen LogP contribution >= 0.6 is 11.6 Å². The van der Waals surface area contributed by atoms with Gasteiger partial charge in [0.1, 0.15) is 23.0 Å². The summed E-state index contributed by atoms with van der Waals surface area (Å²) in [6, 6.07) is 10.8. The first-order valence-corrected chi connectivity index (χ1v) is 9.12. The summed E-state index contributed by atoms with van der Waals surface area (Å²) in [5.74, 6) is 0.523. The number of halogens is 1. The molecule has 0 spiro atoms. The standard InChI is InChI=1S/C19H19ClN6O/c1-12-3-2-4-13(9-12)24-19(27)15-10-21-7-8-26(15)18-17-14(22-11-23-18)5-6-16(20)25-17/h2-6,9,11,15,21H,7-8,10H2,1H3,(H,24,27). The van der Waals surface area contributed by atoms with Crippen LogP contribution in [-0.2, 0) is 4.79 Å². The van der Waals surface area contributed by atoms with Crippen LogP contribution in [0.2, 0.25) is 5.15 Å². The predicted octanol–water partition coefficient (Wildman–Crippen LogP) is 2.40. The van der Waals surface area contributed by atoms with E-state index in [1.54, 1.807) is 12.1 Å². The highest BCUT2D eigenvalue weighted by Gasteiger charge is 2.31. The van der Waals surface area contributed by atoms with Crippen molar-refractivity contribution < 1.29 is 4.79 Å². The first-order valence-electron chi connectivity index (χ1n) is 8.74. The number of hydrogen-bond donors (Lipinski definition) is 2. The van der Waals surface area contributed by atoms with E-state index in [2.05, 4.69) is 25.6 Å². The van der Waals surface area contributed by atoms with Crippen LogP contribution in [-0.4, -0.2) is 46.5 Å². The fourth-order valence-electron chi connectivity index (χ4n) is 3.25. The smallest absolute Gasteiger partial charge is 0.248 e. The molecule has 3 aromatic rings. The van der Waals surface area contributed by atoms with Gasteiger partial charge in [-0.15, -0.1) is 0 Å². The van der Waals surface area contributed by atoms with E-state index in [1.165, 1.54) is 6.33 Å². The third kappa shape index (κ3) is 3.70. The van der Waals surface area contributed by atoms with Crippen LogP contribution < -0.4 is 15.5 Å². The van der Waals surface area contributed by atoms with Crippen molar-refractivity contribution in [2.75, 3.05) is 29.9 Å². The Hall–Kier alpha value is -2.77. The number of benzene rings is 1. The van der Waals surface area contributed by atoms with Gasteiger partial charge in [-0.25, -0.2) is 15.0 Å². The highest BCUT2D eigenvalue weighted by Crippen LogP contribution is 2.25. The quantitative estimate of drug-likeness (QED) is 0.677. The number of aromatic nitrogens is 3. The van der Waals surface area contributed by atoms with Gasteiger partial charge in [0.15, 0.2) is 5.82 Å². The van der Waals surface area contributed by atoms with E-state index in [-0.39, 0.29) is 5.91 Å². The van der Waals surface area contributed by atoms with E-state index in [0.29, 0.717) is 35.1 Å². The van der Waals surface area contributed by atoms with Gasteiger partial charge in [-0.3, -0.25) is 4.79 Å². The van der Waals surface area contributed by atoms with E-state index in [1.807, 2.05) is 36.1 Å². The lowest BCUT2D eigenvalue weighted by molar-refractivity contribution is -0.117. The molecule has 1 amide bonds. The van der Waals surface area contributed by atoms with Crippen molar-refractivity contribution >= 4 is 40.0 Å². The minimum Gasteiger partial charge on any atom is -0.340 e. The molecule has 138 valence electrons.